The molecular formula is C16H14FNO3. The van der Waals surface area contributed by atoms with Crippen LogP contribution in [0.25, 0.3) is 0 Å². The predicted octanol–water partition coefficient (Wildman–Crippen LogP) is 3.39. The number of carboxylic acids is 1. The topological polar surface area (TPSA) is 66.4 Å². The predicted molar refractivity (Wildman–Crippen MR) is 77.2 cm³/mol. The van der Waals surface area contributed by atoms with Gasteiger partial charge in [-0.1, -0.05) is 18.2 Å². The van der Waals surface area contributed by atoms with Crippen LogP contribution in [0, 0.1) is 19.7 Å². The number of hydrogen-bond donors (Lipinski definition) is 2. The van der Waals surface area contributed by atoms with Crippen LogP contribution in [0.15, 0.2) is 36.4 Å². The fourth-order valence-electron chi connectivity index (χ4n) is 2.14. The zero-order valence-corrected chi connectivity index (χ0v) is 11.6. The SMILES string of the molecule is Cc1ccc(C)c(C(=O)Nc2cccc(F)c2)c1C(=O)O. The second-order valence-corrected chi connectivity index (χ2v) is 4.72. The van der Waals surface area contributed by atoms with E-state index in [2.05, 4.69) is 5.32 Å². The van der Waals surface area contributed by atoms with Gasteiger partial charge in [0.25, 0.3) is 5.91 Å². The average molecular weight is 287 g/mol. The standard InChI is InChI=1S/C16H14FNO3/c1-9-6-7-10(2)14(16(20)21)13(9)15(19)18-12-5-3-4-11(17)8-12/h3-8H,1-2H3,(H,18,19)(H,20,21). The van der Waals surface area contributed by atoms with E-state index < -0.39 is 17.7 Å². The van der Waals surface area contributed by atoms with Crippen molar-refractivity contribution in [1.29, 1.82) is 0 Å². The number of nitrogens with one attached hydrogen (secondary N) is 1. The molecule has 0 saturated heterocycles. The number of carbonyl (C=O) groups excluding carboxylic acids is 1. The number of amides is 1. The summed E-state index contributed by atoms with van der Waals surface area (Å²) in [5, 5.41) is 11.8. The van der Waals surface area contributed by atoms with Gasteiger partial charge in [-0.05, 0) is 43.2 Å². The van der Waals surface area contributed by atoms with Crippen LogP contribution in [-0.4, -0.2) is 17.0 Å². The van der Waals surface area contributed by atoms with Crippen molar-refractivity contribution >= 4 is 17.6 Å². The van der Waals surface area contributed by atoms with Gasteiger partial charge in [0.1, 0.15) is 5.82 Å². The summed E-state index contributed by atoms with van der Waals surface area (Å²) < 4.78 is 13.1. The Morgan fingerprint density at radius 3 is 2.24 bits per heavy atom. The number of carboxylic acid groups (broad SMARTS) is 1. The molecule has 1 amide bonds. The van der Waals surface area contributed by atoms with E-state index in [1.807, 2.05) is 0 Å². The summed E-state index contributed by atoms with van der Waals surface area (Å²) in [6.07, 6.45) is 0. The minimum absolute atomic E-state index is 0.0381. The first kappa shape index (κ1) is 14.7. The van der Waals surface area contributed by atoms with Gasteiger partial charge in [-0.3, -0.25) is 4.79 Å². The number of benzene rings is 2. The molecule has 108 valence electrons. The molecule has 0 unspecified atom stereocenters. The van der Waals surface area contributed by atoms with Gasteiger partial charge in [-0.2, -0.15) is 0 Å². The molecule has 0 spiro atoms. The van der Waals surface area contributed by atoms with E-state index in [-0.39, 0.29) is 16.8 Å². The molecule has 2 rings (SSSR count). The van der Waals surface area contributed by atoms with Gasteiger partial charge >= 0.3 is 5.97 Å². The molecule has 0 saturated carbocycles. The molecule has 0 fully saturated rings. The first-order chi connectivity index (χ1) is 9.90. The molecule has 2 N–H and O–H groups in total. The molecule has 0 aliphatic heterocycles. The van der Waals surface area contributed by atoms with E-state index in [1.54, 1.807) is 26.0 Å². The van der Waals surface area contributed by atoms with E-state index in [4.69, 9.17) is 0 Å². The Morgan fingerprint density at radius 1 is 1.05 bits per heavy atom. The molecule has 2 aromatic rings. The lowest BCUT2D eigenvalue weighted by atomic mass is 9.96. The fourth-order valence-corrected chi connectivity index (χ4v) is 2.14. The third kappa shape index (κ3) is 3.08. The van der Waals surface area contributed by atoms with Crippen LogP contribution in [0.1, 0.15) is 31.8 Å². The second kappa shape index (κ2) is 5.75. The average Bonchev–Trinajstić information content (AvgIpc) is 2.40. The molecule has 0 aliphatic rings. The lowest BCUT2D eigenvalue weighted by Gasteiger charge is -2.12. The highest BCUT2D eigenvalue weighted by atomic mass is 19.1. The van der Waals surface area contributed by atoms with Gasteiger partial charge in [0.15, 0.2) is 0 Å². The summed E-state index contributed by atoms with van der Waals surface area (Å²) in [4.78, 5) is 23.7. The molecule has 2 aromatic carbocycles. The van der Waals surface area contributed by atoms with Gasteiger partial charge in [-0.25, -0.2) is 9.18 Å². The molecule has 0 heterocycles. The van der Waals surface area contributed by atoms with E-state index in [0.717, 1.165) is 0 Å². The second-order valence-electron chi connectivity index (χ2n) is 4.72. The van der Waals surface area contributed by atoms with Gasteiger partial charge in [-0.15, -0.1) is 0 Å². The van der Waals surface area contributed by atoms with Crippen molar-refractivity contribution < 1.29 is 19.1 Å². The summed E-state index contributed by atoms with van der Waals surface area (Å²) in [6, 6.07) is 8.76. The Kier molecular flexibility index (Phi) is 4.03. The van der Waals surface area contributed by atoms with Gasteiger partial charge in [0, 0.05) is 5.69 Å². The maximum atomic E-state index is 13.1. The number of halogens is 1. The lowest BCUT2D eigenvalue weighted by molar-refractivity contribution is 0.0691. The van der Waals surface area contributed by atoms with Gasteiger partial charge in [0.05, 0.1) is 11.1 Å². The molecule has 5 heteroatoms. The largest absolute Gasteiger partial charge is 0.478 e. The van der Waals surface area contributed by atoms with Crippen molar-refractivity contribution in [3.8, 4) is 0 Å². The van der Waals surface area contributed by atoms with Crippen LogP contribution < -0.4 is 5.32 Å². The summed E-state index contributed by atoms with van der Waals surface area (Å²) in [6.45, 7) is 3.29. The van der Waals surface area contributed by atoms with Crippen LogP contribution in [0.2, 0.25) is 0 Å². The third-order valence-corrected chi connectivity index (χ3v) is 3.15. The van der Waals surface area contributed by atoms with Crippen LogP contribution in [0.5, 0.6) is 0 Å². The van der Waals surface area contributed by atoms with Crippen molar-refractivity contribution in [3.05, 3.63) is 64.5 Å². The molecule has 0 radical (unpaired) electrons. The fraction of sp³-hybridized carbons (Fsp3) is 0.125. The number of rotatable bonds is 3. The smallest absolute Gasteiger partial charge is 0.336 e. The first-order valence-corrected chi connectivity index (χ1v) is 6.30. The van der Waals surface area contributed by atoms with Crippen molar-refractivity contribution in [2.45, 2.75) is 13.8 Å². The van der Waals surface area contributed by atoms with Gasteiger partial charge < -0.3 is 10.4 Å². The first-order valence-electron chi connectivity index (χ1n) is 6.30. The Morgan fingerprint density at radius 2 is 1.67 bits per heavy atom. The van der Waals surface area contributed by atoms with Crippen molar-refractivity contribution in [2.24, 2.45) is 0 Å². The van der Waals surface area contributed by atoms with E-state index in [9.17, 15) is 19.1 Å². The van der Waals surface area contributed by atoms with Crippen LogP contribution in [0.3, 0.4) is 0 Å². The highest BCUT2D eigenvalue weighted by Crippen LogP contribution is 2.21. The van der Waals surface area contributed by atoms with E-state index >= 15 is 0 Å². The molecule has 4 nitrogen and oxygen atoms in total. The van der Waals surface area contributed by atoms with Crippen molar-refractivity contribution in [3.63, 3.8) is 0 Å². The monoisotopic (exact) mass is 287 g/mol. The normalized spacial score (nSPS) is 10.2. The summed E-state index contributed by atoms with van der Waals surface area (Å²) in [5.74, 6) is -2.22. The zero-order valence-electron chi connectivity index (χ0n) is 11.6. The van der Waals surface area contributed by atoms with E-state index in [0.29, 0.717) is 11.1 Å². The maximum Gasteiger partial charge on any atom is 0.336 e. The van der Waals surface area contributed by atoms with E-state index in [1.165, 1.54) is 24.3 Å². The van der Waals surface area contributed by atoms with Crippen LogP contribution in [0.4, 0.5) is 10.1 Å². The third-order valence-electron chi connectivity index (χ3n) is 3.15. The van der Waals surface area contributed by atoms with Crippen LogP contribution >= 0.6 is 0 Å². The maximum absolute atomic E-state index is 13.1. The molecular weight excluding hydrogens is 273 g/mol. The number of aryl methyl sites for hydroxylation is 2. The molecule has 21 heavy (non-hydrogen) atoms. The summed E-state index contributed by atoms with van der Waals surface area (Å²) in [5.41, 5.74) is 1.37. The zero-order chi connectivity index (χ0) is 15.6. The summed E-state index contributed by atoms with van der Waals surface area (Å²) in [7, 11) is 0. The number of hydrogen-bond acceptors (Lipinski definition) is 2. The quantitative estimate of drug-likeness (QED) is 0.909. The number of anilines is 1. The Labute approximate surface area is 121 Å². The van der Waals surface area contributed by atoms with Gasteiger partial charge in [0.2, 0.25) is 0 Å². The Bertz CT molecular complexity index is 725. The minimum Gasteiger partial charge on any atom is -0.478 e. The van der Waals surface area contributed by atoms with Crippen LogP contribution in [-0.2, 0) is 0 Å². The Hall–Kier alpha value is -2.69. The highest BCUT2D eigenvalue weighted by Gasteiger charge is 2.21. The van der Waals surface area contributed by atoms with Crippen molar-refractivity contribution in [2.75, 3.05) is 5.32 Å². The molecule has 0 aromatic heterocycles. The minimum atomic E-state index is -1.17. The lowest BCUT2D eigenvalue weighted by Crippen LogP contribution is -2.19. The highest BCUT2D eigenvalue weighted by molar-refractivity contribution is 6.12. The Balaban J connectivity index is 2.44. The molecule has 0 bridgehead atoms. The molecule has 0 atom stereocenters. The molecule has 0 aliphatic carbocycles. The number of aromatic carboxylic acids is 1. The number of carbonyl (C=O) groups is 2. The van der Waals surface area contributed by atoms with Crippen molar-refractivity contribution in [1.82, 2.24) is 0 Å². The summed E-state index contributed by atoms with van der Waals surface area (Å²) >= 11 is 0.